The molecule has 1 amide bonds. The molecule has 1 saturated carbocycles. The number of ether oxygens (including phenoxy) is 2. The summed E-state index contributed by atoms with van der Waals surface area (Å²) in [5, 5.41) is 13.3. The number of aliphatic hydroxyl groups is 1. The summed E-state index contributed by atoms with van der Waals surface area (Å²) in [7, 11) is 0. The fourth-order valence-electron chi connectivity index (χ4n) is 3.83. The number of amides is 1. The van der Waals surface area contributed by atoms with Crippen LogP contribution in [-0.4, -0.2) is 58.9 Å². The van der Waals surface area contributed by atoms with Gasteiger partial charge >= 0.3 is 0 Å². The fraction of sp³-hybridized carbons (Fsp3) is 0.560. The van der Waals surface area contributed by atoms with E-state index in [-0.39, 0.29) is 30.4 Å². The van der Waals surface area contributed by atoms with Crippen molar-refractivity contribution < 1.29 is 19.4 Å². The molecule has 1 saturated heterocycles. The second-order valence-electron chi connectivity index (χ2n) is 9.87. The first-order valence-corrected chi connectivity index (χ1v) is 12.2. The van der Waals surface area contributed by atoms with Gasteiger partial charge in [0.15, 0.2) is 5.82 Å². The Morgan fingerprint density at radius 3 is 2.68 bits per heavy atom. The van der Waals surface area contributed by atoms with Gasteiger partial charge < -0.3 is 24.8 Å². The van der Waals surface area contributed by atoms with E-state index in [9.17, 15) is 9.90 Å². The second kappa shape index (κ2) is 10.4. The molecule has 2 aliphatic rings. The maximum atomic E-state index is 12.4. The monoisotopic (exact) mass is 488 g/mol. The van der Waals surface area contributed by atoms with Gasteiger partial charge in [-0.25, -0.2) is 9.97 Å². The minimum atomic E-state index is -0.991. The number of nitrogens with zero attached hydrogens (tertiary/aromatic N) is 3. The SMILES string of the molecule is CC(C(=O)NCC1CC1)c1ccc(OC2CCN(c3ncnc(OCC(C)(C)O)c3Cl)C2)cc1. The smallest absolute Gasteiger partial charge is 0.238 e. The van der Waals surface area contributed by atoms with E-state index >= 15 is 0 Å². The standard InChI is InChI=1S/C25H33ClN4O4/c1-16(23(31)27-12-17-4-5-17)18-6-8-19(9-7-18)34-20-10-11-30(13-20)22-21(26)24(29-15-28-22)33-14-25(2,3)32/h6-9,15-17,20,32H,4-5,10-14H2,1-3H3,(H,27,31). The molecule has 1 aliphatic carbocycles. The number of rotatable bonds is 10. The van der Waals surface area contributed by atoms with Gasteiger partial charge in [-0.1, -0.05) is 23.7 Å². The number of hydrogen-bond acceptors (Lipinski definition) is 7. The molecule has 0 spiro atoms. The van der Waals surface area contributed by atoms with E-state index in [4.69, 9.17) is 21.1 Å². The van der Waals surface area contributed by atoms with Crippen molar-refractivity contribution in [1.82, 2.24) is 15.3 Å². The molecule has 0 radical (unpaired) electrons. The van der Waals surface area contributed by atoms with Crippen molar-refractivity contribution in [3.8, 4) is 11.6 Å². The lowest BCUT2D eigenvalue weighted by Gasteiger charge is -2.21. The van der Waals surface area contributed by atoms with E-state index in [2.05, 4.69) is 15.3 Å². The van der Waals surface area contributed by atoms with Gasteiger partial charge in [0.1, 0.15) is 29.8 Å². The number of aromatic nitrogens is 2. The maximum absolute atomic E-state index is 12.4. The highest BCUT2D eigenvalue weighted by atomic mass is 35.5. The van der Waals surface area contributed by atoms with Gasteiger partial charge in [-0.15, -0.1) is 0 Å². The van der Waals surface area contributed by atoms with E-state index < -0.39 is 5.60 Å². The zero-order valence-electron chi connectivity index (χ0n) is 20.0. The van der Waals surface area contributed by atoms with Crippen LogP contribution in [0.2, 0.25) is 5.02 Å². The molecule has 1 aromatic heterocycles. The summed E-state index contributed by atoms with van der Waals surface area (Å²) in [4.78, 5) is 22.8. The van der Waals surface area contributed by atoms with Gasteiger partial charge in [0.2, 0.25) is 11.8 Å². The number of hydrogen-bond donors (Lipinski definition) is 2. The molecule has 1 aromatic carbocycles. The van der Waals surface area contributed by atoms with Crippen LogP contribution in [0.3, 0.4) is 0 Å². The second-order valence-corrected chi connectivity index (χ2v) is 10.2. The van der Waals surface area contributed by atoms with Crippen molar-refractivity contribution in [3.63, 3.8) is 0 Å². The number of carbonyl (C=O) groups excluding carboxylic acids is 1. The lowest BCUT2D eigenvalue weighted by molar-refractivity contribution is -0.122. The van der Waals surface area contributed by atoms with E-state index in [1.54, 1.807) is 13.8 Å². The molecule has 2 N–H and O–H groups in total. The Bertz CT molecular complexity index is 991. The largest absolute Gasteiger partial charge is 0.489 e. The van der Waals surface area contributed by atoms with Crippen LogP contribution in [0.4, 0.5) is 5.82 Å². The van der Waals surface area contributed by atoms with Crippen LogP contribution in [0, 0.1) is 5.92 Å². The third kappa shape index (κ3) is 6.51. The number of carbonyl (C=O) groups is 1. The summed E-state index contributed by atoms with van der Waals surface area (Å²) in [6.45, 7) is 7.46. The normalized spacial score (nSPS) is 19.1. The molecular weight excluding hydrogens is 456 g/mol. The van der Waals surface area contributed by atoms with Crippen molar-refractivity contribution in [3.05, 3.63) is 41.2 Å². The third-order valence-corrected chi connectivity index (χ3v) is 6.41. The van der Waals surface area contributed by atoms with Crippen LogP contribution in [0.1, 0.15) is 51.5 Å². The third-order valence-electron chi connectivity index (χ3n) is 6.08. The summed E-state index contributed by atoms with van der Waals surface area (Å²) in [5.74, 6) is 2.16. The zero-order valence-corrected chi connectivity index (χ0v) is 20.7. The Labute approximate surface area is 205 Å². The van der Waals surface area contributed by atoms with Crippen LogP contribution in [0.15, 0.2) is 30.6 Å². The number of nitrogens with one attached hydrogen (secondary N) is 1. The molecular formula is C25H33ClN4O4. The van der Waals surface area contributed by atoms with E-state index in [1.165, 1.54) is 19.2 Å². The lowest BCUT2D eigenvalue weighted by Crippen LogP contribution is -2.29. The van der Waals surface area contributed by atoms with Gasteiger partial charge in [-0.05, 0) is 57.2 Å². The Morgan fingerprint density at radius 2 is 2.00 bits per heavy atom. The van der Waals surface area contributed by atoms with Crippen LogP contribution >= 0.6 is 11.6 Å². The molecule has 4 rings (SSSR count). The Hall–Kier alpha value is -2.58. The summed E-state index contributed by atoms with van der Waals surface area (Å²) in [5.41, 5.74) is -0.0190. The molecule has 2 unspecified atom stereocenters. The topological polar surface area (TPSA) is 96.8 Å². The van der Waals surface area contributed by atoms with Crippen molar-refractivity contribution >= 4 is 23.3 Å². The Balaban J connectivity index is 1.31. The van der Waals surface area contributed by atoms with E-state index in [0.717, 1.165) is 30.8 Å². The lowest BCUT2D eigenvalue weighted by atomic mass is 10.0. The molecule has 2 heterocycles. The highest BCUT2D eigenvalue weighted by Crippen LogP contribution is 2.33. The van der Waals surface area contributed by atoms with Gasteiger partial charge in [-0.2, -0.15) is 0 Å². The van der Waals surface area contributed by atoms with Gasteiger partial charge in [0.05, 0.1) is 18.1 Å². The number of benzene rings is 1. The minimum absolute atomic E-state index is 0.0168. The van der Waals surface area contributed by atoms with Crippen molar-refractivity contribution in [1.29, 1.82) is 0 Å². The predicted molar refractivity (Wildman–Crippen MR) is 131 cm³/mol. The summed E-state index contributed by atoms with van der Waals surface area (Å²) in [6.07, 6.45) is 4.66. The first-order chi connectivity index (χ1) is 16.2. The predicted octanol–water partition coefficient (Wildman–Crippen LogP) is 3.57. The van der Waals surface area contributed by atoms with Gasteiger partial charge in [0, 0.05) is 19.5 Å². The van der Waals surface area contributed by atoms with Crippen LogP contribution in [-0.2, 0) is 4.79 Å². The van der Waals surface area contributed by atoms with Crippen LogP contribution in [0.5, 0.6) is 11.6 Å². The van der Waals surface area contributed by atoms with Crippen molar-refractivity contribution in [2.24, 2.45) is 5.92 Å². The minimum Gasteiger partial charge on any atom is -0.489 e. The highest BCUT2D eigenvalue weighted by molar-refractivity contribution is 6.34. The van der Waals surface area contributed by atoms with Crippen molar-refractivity contribution in [2.75, 3.05) is 31.1 Å². The molecule has 2 aromatic rings. The molecule has 0 bridgehead atoms. The summed E-state index contributed by atoms with van der Waals surface area (Å²) < 4.78 is 11.8. The van der Waals surface area contributed by atoms with Crippen LogP contribution < -0.4 is 19.7 Å². The summed E-state index contributed by atoms with van der Waals surface area (Å²) >= 11 is 6.49. The molecule has 9 heteroatoms. The Kier molecular flexibility index (Phi) is 7.48. The first-order valence-electron chi connectivity index (χ1n) is 11.8. The average molecular weight is 489 g/mol. The maximum Gasteiger partial charge on any atom is 0.238 e. The summed E-state index contributed by atoms with van der Waals surface area (Å²) in [6, 6.07) is 7.75. The molecule has 184 valence electrons. The zero-order chi connectivity index (χ0) is 24.3. The average Bonchev–Trinajstić information content (AvgIpc) is 3.53. The molecule has 1 aliphatic heterocycles. The molecule has 8 nitrogen and oxygen atoms in total. The molecule has 2 atom stereocenters. The van der Waals surface area contributed by atoms with Crippen LogP contribution in [0.25, 0.3) is 0 Å². The van der Waals surface area contributed by atoms with E-state index in [0.29, 0.717) is 23.3 Å². The first kappa shape index (κ1) is 24.5. The molecule has 2 fully saturated rings. The van der Waals surface area contributed by atoms with Gasteiger partial charge in [0.25, 0.3) is 0 Å². The van der Waals surface area contributed by atoms with Crippen molar-refractivity contribution in [2.45, 2.75) is 57.7 Å². The fourth-order valence-corrected chi connectivity index (χ4v) is 4.10. The molecule has 34 heavy (non-hydrogen) atoms. The van der Waals surface area contributed by atoms with E-state index in [1.807, 2.05) is 36.1 Å². The Morgan fingerprint density at radius 1 is 1.26 bits per heavy atom. The number of halogens is 1. The van der Waals surface area contributed by atoms with Gasteiger partial charge in [-0.3, -0.25) is 4.79 Å². The number of anilines is 1. The quantitative estimate of drug-likeness (QED) is 0.527. The highest BCUT2D eigenvalue weighted by Gasteiger charge is 2.28.